The zero-order chi connectivity index (χ0) is 14.5. The molecule has 116 valence electrons. The van der Waals surface area contributed by atoms with Crippen molar-refractivity contribution in [2.24, 2.45) is 5.73 Å². The first-order valence-electron chi connectivity index (χ1n) is 5.68. The van der Waals surface area contributed by atoms with Gasteiger partial charge in [-0.1, -0.05) is 12.1 Å². The summed E-state index contributed by atoms with van der Waals surface area (Å²) in [4.78, 5) is 0. The molecule has 0 amide bonds. The second-order valence-electron chi connectivity index (χ2n) is 4.01. The minimum atomic E-state index is -4.51. The Hall–Kier alpha value is -1.05. The number of alkyl halides is 4. The van der Waals surface area contributed by atoms with Crippen molar-refractivity contribution in [1.29, 1.82) is 0 Å². The van der Waals surface area contributed by atoms with Crippen LogP contribution in [0, 0.1) is 0 Å². The van der Waals surface area contributed by atoms with Crippen LogP contribution in [-0.4, -0.2) is 24.2 Å². The van der Waals surface area contributed by atoms with E-state index in [1.54, 1.807) is 0 Å². The maximum Gasteiger partial charge on any atom is 0.461 e. The van der Waals surface area contributed by atoms with Crippen LogP contribution in [0.2, 0.25) is 0 Å². The van der Waals surface area contributed by atoms with Gasteiger partial charge >= 0.3 is 12.5 Å². The van der Waals surface area contributed by atoms with E-state index in [0.717, 1.165) is 12.1 Å². The van der Waals surface area contributed by atoms with Gasteiger partial charge in [-0.2, -0.15) is 17.6 Å². The van der Waals surface area contributed by atoms with Crippen LogP contribution in [0.5, 0.6) is 5.75 Å². The SMILES string of the molecule is Cl.N[C@@H](CCCO)c1ccc(OC(F)(F)C(F)F)cc1. The molecule has 1 rings (SSSR count). The number of aliphatic hydroxyl groups excluding tert-OH is 1. The summed E-state index contributed by atoms with van der Waals surface area (Å²) in [6.45, 7) is 0.00943. The lowest BCUT2D eigenvalue weighted by atomic mass is 10.0. The van der Waals surface area contributed by atoms with Gasteiger partial charge in [0.2, 0.25) is 0 Å². The molecule has 20 heavy (non-hydrogen) atoms. The Morgan fingerprint density at radius 2 is 1.75 bits per heavy atom. The number of hydrogen-bond donors (Lipinski definition) is 2. The molecule has 0 aliphatic rings. The zero-order valence-corrected chi connectivity index (χ0v) is 11.3. The van der Waals surface area contributed by atoms with E-state index in [1.807, 2.05) is 0 Å². The first kappa shape index (κ1) is 18.9. The minimum Gasteiger partial charge on any atom is -0.428 e. The average molecular weight is 318 g/mol. The minimum absolute atomic E-state index is 0. The maximum atomic E-state index is 12.6. The van der Waals surface area contributed by atoms with Crippen LogP contribution in [0.1, 0.15) is 24.4 Å². The highest BCUT2D eigenvalue weighted by Crippen LogP contribution is 2.28. The van der Waals surface area contributed by atoms with E-state index >= 15 is 0 Å². The number of rotatable bonds is 7. The quantitative estimate of drug-likeness (QED) is 0.760. The second-order valence-corrected chi connectivity index (χ2v) is 4.01. The molecule has 0 aromatic heterocycles. The summed E-state index contributed by atoms with van der Waals surface area (Å²) in [5.41, 5.74) is 6.44. The van der Waals surface area contributed by atoms with Gasteiger partial charge in [0.05, 0.1) is 0 Å². The highest BCUT2D eigenvalue weighted by Gasteiger charge is 2.43. The van der Waals surface area contributed by atoms with Crippen molar-refractivity contribution in [3.8, 4) is 5.75 Å². The van der Waals surface area contributed by atoms with Gasteiger partial charge in [-0.25, -0.2) is 0 Å². The van der Waals surface area contributed by atoms with Gasteiger partial charge in [-0.05, 0) is 30.5 Å². The number of benzene rings is 1. The molecule has 1 aromatic rings. The molecule has 0 aliphatic carbocycles. The summed E-state index contributed by atoms with van der Waals surface area (Å²) in [6.07, 6.45) is -7.35. The lowest BCUT2D eigenvalue weighted by Gasteiger charge is -2.17. The fourth-order valence-electron chi connectivity index (χ4n) is 1.46. The van der Waals surface area contributed by atoms with Crippen LogP contribution < -0.4 is 10.5 Å². The number of ether oxygens (including phenoxy) is 1. The highest BCUT2D eigenvalue weighted by atomic mass is 35.5. The number of aliphatic hydroxyl groups is 1. The van der Waals surface area contributed by atoms with Crippen molar-refractivity contribution >= 4 is 12.4 Å². The molecule has 0 heterocycles. The predicted molar refractivity (Wildman–Crippen MR) is 68.5 cm³/mol. The molecule has 0 spiro atoms. The molecular weight excluding hydrogens is 302 g/mol. The van der Waals surface area contributed by atoms with Gasteiger partial charge in [0, 0.05) is 12.6 Å². The van der Waals surface area contributed by atoms with Gasteiger partial charge in [0.15, 0.2) is 0 Å². The van der Waals surface area contributed by atoms with Gasteiger partial charge in [0.1, 0.15) is 5.75 Å². The van der Waals surface area contributed by atoms with E-state index in [4.69, 9.17) is 10.8 Å². The molecule has 8 heteroatoms. The molecule has 0 radical (unpaired) electrons. The molecule has 3 N–H and O–H groups in total. The first-order chi connectivity index (χ1) is 8.86. The Morgan fingerprint density at radius 1 is 1.20 bits per heavy atom. The number of halogens is 5. The third-order valence-corrected chi connectivity index (χ3v) is 2.49. The maximum absolute atomic E-state index is 12.6. The molecular formula is C12H16ClF4NO2. The largest absolute Gasteiger partial charge is 0.461 e. The Bertz CT molecular complexity index is 390. The predicted octanol–water partition coefficient (Wildman–Crippen LogP) is 3.12. The van der Waals surface area contributed by atoms with E-state index in [0.29, 0.717) is 18.4 Å². The fourth-order valence-corrected chi connectivity index (χ4v) is 1.46. The molecule has 0 fully saturated rings. The van der Waals surface area contributed by atoms with Crippen LogP contribution in [-0.2, 0) is 0 Å². The second kappa shape index (κ2) is 8.28. The van der Waals surface area contributed by atoms with Gasteiger partial charge in [-0.15, -0.1) is 12.4 Å². The van der Waals surface area contributed by atoms with Crippen molar-refractivity contribution in [3.05, 3.63) is 29.8 Å². The molecule has 1 atom stereocenters. The average Bonchev–Trinajstić information content (AvgIpc) is 2.36. The number of nitrogens with two attached hydrogens (primary N) is 1. The zero-order valence-electron chi connectivity index (χ0n) is 10.4. The summed E-state index contributed by atoms with van der Waals surface area (Å²) in [7, 11) is 0. The summed E-state index contributed by atoms with van der Waals surface area (Å²) < 4.78 is 53.0. The van der Waals surface area contributed by atoms with E-state index in [2.05, 4.69) is 4.74 Å². The smallest absolute Gasteiger partial charge is 0.428 e. The molecule has 0 saturated heterocycles. The Labute approximate surface area is 120 Å². The van der Waals surface area contributed by atoms with E-state index < -0.39 is 12.5 Å². The van der Waals surface area contributed by atoms with Gasteiger partial charge < -0.3 is 15.6 Å². The monoisotopic (exact) mass is 317 g/mol. The van der Waals surface area contributed by atoms with Crippen LogP contribution in [0.3, 0.4) is 0 Å². The summed E-state index contributed by atoms with van der Waals surface area (Å²) >= 11 is 0. The van der Waals surface area contributed by atoms with Crippen molar-refractivity contribution in [1.82, 2.24) is 0 Å². The van der Waals surface area contributed by atoms with Crippen LogP contribution in [0.25, 0.3) is 0 Å². The van der Waals surface area contributed by atoms with Crippen LogP contribution in [0.15, 0.2) is 24.3 Å². The molecule has 3 nitrogen and oxygen atoms in total. The van der Waals surface area contributed by atoms with Crippen LogP contribution >= 0.6 is 12.4 Å². The molecule has 1 aromatic carbocycles. The number of hydrogen-bond acceptors (Lipinski definition) is 3. The van der Waals surface area contributed by atoms with Crippen molar-refractivity contribution in [2.75, 3.05) is 6.61 Å². The fraction of sp³-hybridized carbons (Fsp3) is 0.500. The summed E-state index contributed by atoms with van der Waals surface area (Å²) in [6, 6.07) is 4.82. The van der Waals surface area contributed by atoms with E-state index in [9.17, 15) is 17.6 Å². The van der Waals surface area contributed by atoms with E-state index in [-0.39, 0.29) is 30.8 Å². The lowest BCUT2D eigenvalue weighted by molar-refractivity contribution is -0.253. The van der Waals surface area contributed by atoms with Crippen molar-refractivity contribution in [2.45, 2.75) is 31.4 Å². The molecule has 0 aliphatic heterocycles. The summed E-state index contributed by atoms with van der Waals surface area (Å²) in [5, 5.41) is 8.66. The van der Waals surface area contributed by atoms with Crippen molar-refractivity contribution in [3.63, 3.8) is 0 Å². The normalized spacial score (nSPS) is 12.9. The third-order valence-electron chi connectivity index (χ3n) is 2.49. The van der Waals surface area contributed by atoms with E-state index in [1.165, 1.54) is 12.1 Å². The van der Waals surface area contributed by atoms with Crippen LogP contribution in [0.4, 0.5) is 17.6 Å². The Morgan fingerprint density at radius 3 is 2.20 bits per heavy atom. The van der Waals surface area contributed by atoms with Gasteiger partial charge in [0.25, 0.3) is 0 Å². The third kappa shape index (κ3) is 5.52. The topological polar surface area (TPSA) is 55.5 Å². The Balaban J connectivity index is 0.00000361. The first-order valence-corrected chi connectivity index (χ1v) is 5.68. The summed E-state index contributed by atoms with van der Waals surface area (Å²) in [5.74, 6) is -0.358. The van der Waals surface area contributed by atoms with Gasteiger partial charge in [-0.3, -0.25) is 0 Å². The highest BCUT2D eigenvalue weighted by molar-refractivity contribution is 5.85. The lowest BCUT2D eigenvalue weighted by Crippen LogP contribution is -2.33. The molecule has 0 bridgehead atoms. The van der Waals surface area contributed by atoms with Crippen molar-refractivity contribution < 1.29 is 27.4 Å². The molecule has 0 saturated carbocycles. The Kier molecular flexibility index (Phi) is 7.85. The molecule has 0 unspecified atom stereocenters. The standard InChI is InChI=1S/C12H15F4NO2.ClH/c13-11(14)12(15,16)19-9-5-3-8(4-6-9)10(17)2-1-7-18;/h3-6,10-11,18H,1-2,7,17H2;1H/t10-;/m0./s1.